The van der Waals surface area contributed by atoms with E-state index in [2.05, 4.69) is 10.4 Å². The van der Waals surface area contributed by atoms with Crippen molar-refractivity contribution in [2.75, 3.05) is 11.9 Å². The highest BCUT2D eigenvalue weighted by Crippen LogP contribution is 2.21. The summed E-state index contributed by atoms with van der Waals surface area (Å²) in [6.45, 7) is 6.17. The molecule has 1 N–H and O–H groups in total. The second-order valence-electron chi connectivity index (χ2n) is 6.80. The lowest BCUT2D eigenvalue weighted by Crippen LogP contribution is -2.22. The summed E-state index contributed by atoms with van der Waals surface area (Å²) in [4.78, 5) is 24.4. The van der Waals surface area contributed by atoms with E-state index < -0.39 is 5.97 Å². The molecule has 0 aliphatic carbocycles. The molecule has 2 aromatic carbocycles. The van der Waals surface area contributed by atoms with Gasteiger partial charge in [-0.05, 0) is 55.7 Å². The van der Waals surface area contributed by atoms with E-state index in [4.69, 9.17) is 4.74 Å². The number of aryl methyl sites for hydroxylation is 3. The molecule has 3 rings (SSSR count). The van der Waals surface area contributed by atoms with Crippen molar-refractivity contribution < 1.29 is 14.3 Å². The van der Waals surface area contributed by atoms with E-state index in [0.29, 0.717) is 12.1 Å². The summed E-state index contributed by atoms with van der Waals surface area (Å²) in [6, 6.07) is 12.9. The van der Waals surface area contributed by atoms with Crippen LogP contribution in [0.3, 0.4) is 0 Å². The number of nitrogens with one attached hydrogen (secondary N) is 1. The first kappa shape index (κ1) is 19.4. The fourth-order valence-corrected chi connectivity index (χ4v) is 3.09. The van der Waals surface area contributed by atoms with E-state index in [-0.39, 0.29) is 12.5 Å². The van der Waals surface area contributed by atoms with Crippen LogP contribution in [-0.4, -0.2) is 28.3 Å². The molecule has 1 amide bonds. The van der Waals surface area contributed by atoms with Crippen molar-refractivity contribution in [3.63, 3.8) is 0 Å². The van der Waals surface area contributed by atoms with Crippen LogP contribution >= 0.6 is 0 Å². The number of carbonyl (C=O) groups is 2. The van der Waals surface area contributed by atoms with E-state index in [1.807, 2.05) is 57.3 Å². The van der Waals surface area contributed by atoms with Gasteiger partial charge in [0.25, 0.3) is 5.91 Å². The Hall–Kier alpha value is -3.41. The Bertz CT molecular complexity index is 954. The molecule has 1 aromatic heterocycles. The number of ether oxygens (including phenoxy) is 1. The maximum Gasteiger partial charge on any atom is 0.338 e. The molecule has 0 aliphatic rings. The zero-order chi connectivity index (χ0) is 20.1. The maximum atomic E-state index is 12.2. The smallest absolute Gasteiger partial charge is 0.338 e. The van der Waals surface area contributed by atoms with Gasteiger partial charge in [-0.1, -0.05) is 29.8 Å². The third-order valence-corrected chi connectivity index (χ3v) is 4.37. The van der Waals surface area contributed by atoms with Crippen LogP contribution < -0.4 is 5.32 Å². The first-order valence-electron chi connectivity index (χ1n) is 9.03. The zero-order valence-electron chi connectivity index (χ0n) is 16.2. The lowest BCUT2D eigenvalue weighted by Gasteiger charge is -2.13. The van der Waals surface area contributed by atoms with E-state index in [0.717, 1.165) is 27.9 Å². The quantitative estimate of drug-likeness (QED) is 0.666. The van der Waals surface area contributed by atoms with Gasteiger partial charge in [-0.2, -0.15) is 5.10 Å². The standard InChI is InChI=1S/C22H23N3O3/c1-15-11-16(2)21(17(3)12-15)24-20(26)14-28-22(27)19-7-5-18(6-8-19)13-25-10-4-9-23-25/h4-12H,13-14H2,1-3H3,(H,24,26). The van der Waals surface area contributed by atoms with Gasteiger partial charge in [0.15, 0.2) is 6.61 Å². The second kappa shape index (κ2) is 8.52. The summed E-state index contributed by atoms with van der Waals surface area (Å²) in [5.74, 6) is -0.892. The SMILES string of the molecule is Cc1cc(C)c(NC(=O)COC(=O)c2ccc(Cn3cccn3)cc2)c(C)c1. The molecule has 0 saturated carbocycles. The molecule has 0 atom stereocenters. The minimum Gasteiger partial charge on any atom is -0.452 e. The van der Waals surface area contributed by atoms with Crippen molar-refractivity contribution in [1.82, 2.24) is 9.78 Å². The van der Waals surface area contributed by atoms with Gasteiger partial charge in [0.05, 0.1) is 12.1 Å². The van der Waals surface area contributed by atoms with Gasteiger partial charge in [-0.25, -0.2) is 4.79 Å². The second-order valence-corrected chi connectivity index (χ2v) is 6.80. The zero-order valence-corrected chi connectivity index (χ0v) is 16.2. The third kappa shape index (κ3) is 4.85. The number of anilines is 1. The highest BCUT2D eigenvalue weighted by molar-refractivity contribution is 5.96. The van der Waals surface area contributed by atoms with Crippen LogP contribution in [-0.2, 0) is 16.1 Å². The summed E-state index contributed by atoms with van der Waals surface area (Å²) in [5.41, 5.74) is 5.27. The van der Waals surface area contributed by atoms with Gasteiger partial charge in [0.1, 0.15) is 0 Å². The molecule has 6 heteroatoms. The third-order valence-electron chi connectivity index (χ3n) is 4.37. The predicted octanol–water partition coefficient (Wildman–Crippen LogP) is 3.65. The molecule has 6 nitrogen and oxygen atoms in total. The number of benzene rings is 2. The summed E-state index contributed by atoms with van der Waals surface area (Å²) >= 11 is 0. The van der Waals surface area contributed by atoms with Crippen LogP contribution in [0.4, 0.5) is 5.69 Å². The van der Waals surface area contributed by atoms with Gasteiger partial charge >= 0.3 is 5.97 Å². The van der Waals surface area contributed by atoms with Gasteiger partial charge in [0.2, 0.25) is 0 Å². The fourth-order valence-electron chi connectivity index (χ4n) is 3.09. The monoisotopic (exact) mass is 377 g/mol. The average Bonchev–Trinajstić information content (AvgIpc) is 3.16. The molecule has 144 valence electrons. The summed E-state index contributed by atoms with van der Waals surface area (Å²) in [7, 11) is 0. The van der Waals surface area contributed by atoms with Crippen molar-refractivity contribution >= 4 is 17.6 Å². The van der Waals surface area contributed by atoms with E-state index in [1.54, 1.807) is 23.0 Å². The van der Waals surface area contributed by atoms with Crippen LogP contribution in [0.25, 0.3) is 0 Å². The summed E-state index contributed by atoms with van der Waals surface area (Å²) in [5, 5.41) is 6.97. The number of esters is 1. The number of carbonyl (C=O) groups excluding carboxylic acids is 2. The highest BCUT2D eigenvalue weighted by atomic mass is 16.5. The van der Waals surface area contributed by atoms with E-state index >= 15 is 0 Å². The molecule has 0 unspecified atom stereocenters. The Labute approximate surface area is 164 Å². The minimum absolute atomic E-state index is 0.333. The largest absolute Gasteiger partial charge is 0.452 e. The van der Waals surface area contributed by atoms with Crippen molar-refractivity contribution in [2.45, 2.75) is 27.3 Å². The van der Waals surface area contributed by atoms with E-state index in [1.165, 1.54) is 0 Å². The first-order chi connectivity index (χ1) is 13.4. The van der Waals surface area contributed by atoms with Crippen molar-refractivity contribution in [1.29, 1.82) is 0 Å². The lowest BCUT2D eigenvalue weighted by molar-refractivity contribution is -0.119. The van der Waals surface area contributed by atoms with E-state index in [9.17, 15) is 9.59 Å². The molecular weight excluding hydrogens is 354 g/mol. The molecule has 0 aliphatic heterocycles. The molecule has 0 bridgehead atoms. The summed E-state index contributed by atoms with van der Waals surface area (Å²) in [6.07, 6.45) is 3.59. The molecular formula is C22H23N3O3. The molecule has 0 fully saturated rings. The molecule has 3 aromatic rings. The highest BCUT2D eigenvalue weighted by Gasteiger charge is 2.12. The van der Waals surface area contributed by atoms with Crippen LogP contribution in [0, 0.1) is 20.8 Å². The number of nitrogens with zero attached hydrogens (tertiary/aromatic N) is 2. The number of aromatic nitrogens is 2. The molecule has 1 heterocycles. The number of rotatable bonds is 6. The predicted molar refractivity (Wildman–Crippen MR) is 107 cm³/mol. The average molecular weight is 377 g/mol. The lowest BCUT2D eigenvalue weighted by atomic mass is 10.1. The van der Waals surface area contributed by atoms with Crippen molar-refractivity contribution in [3.05, 3.63) is 82.7 Å². The Morgan fingerprint density at radius 3 is 2.36 bits per heavy atom. The topological polar surface area (TPSA) is 73.2 Å². The molecule has 28 heavy (non-hydrogen) atoms. The number of hydrogen-bond acceptors (Lipinski definition) is 4. The van der Waals surface area contributed by atoms with Gasteiger partial charge in [0, 0.05) is 18.1 Å². The Balaban J connectivity index is 1.54. The Morgan fingerprint density at radius 1 is 1.07 bits per heavy atom. The van der Waals surface area contributed by atoms with Crippen LogP contribution in [0.5, 0.6) is 0 Å². The number of hydrogen-bond donors (Lipinski definition) is 1. The van der Waals surface area contributed by atoms with Crippen LogP contribution in [0.2, 0.25) is 0 Å². The normalized spacial score (nSPS) is 10.5. The van der Waals surface area contributed by atoms with Crippen molar-refractivity contribution in [3.8, 4) is 0 Å². The Kier molecular flexibility index (Phi) is 5.89. The molecule has 0 saturated heterocycles. The minimum atomic E-state index is -0.530. The molecule has 0 radical (unpaired) electrons. The maximum absolute atomic E-state index is 12.2. The van der Waals surface area contributed by atoms with Crippen LogP contribution in [0.15, 0.2) is 54.9 Å². The van der Waals surface area contributed by atoms with Crippen LogP contribution in [0.1, 0.15) is 32.6 Å². The van der Waals surface area contributed by atoms with Crippen molar-refractivity contribution in [2.24, 2.45) is 0 Å². The van der Waals surface area contributed by atoms with Gasteiger partial charge in [-0.15, -0.1) is 0 Å². The van der Waals surface area contributed by atoms with Gasteiger partial charge in [-0.3, -0.25) is 9.48 Å². The Morgan fingerprint density at radius 2 is 1.75 bits per heavy atom. The first-order valence-corrected chi connectivity index (χ1v) is 9.03. The number of amides is 1. The fraction of sp³-hybridized carbons (Fsp3) is 0.227. The summed E-state index contributed by atoms with van der Waals surface area (Å²) < 4.78 is 6.94. The molecule has 0 spiro atoms. The van der Waals surface area contributed by atoms with Gasteiger partial charge < -0.3 is 10.1 Å².